The SMILES string of the molecule is COc1ccc(NC(=O)c2cc(C=O)c[nH]2)c(OC)c1. The zero-order valence-corrected chi connectivity index (χ0v) is 11.1. The Morgan fingerprint density at radius 1 is 1.25 bits per heavy atom. The van der Waals surface area contributed by atoms with E-state index >= 15 is 0 Å². The molecule has 104 valence electrons. The topological polar surface area (TPSA) is 80.4 Å². The van der Waals surface area contributed by atoms with E-state index in [1.807, 2.05) is 0 Å². The number of nitrogens with one attached hydrogen (secondary N) is 2. The Morgan fingerprint density at radius 3 is 2.65 bits per heavy atom. The fourth-order valence-corrected chi connectivity index (χ4v) is 1.70. The number of hydrogen-bond acceptors (Lipinski definition) is 4. The molecule has 6 heteroatoms. The van der Waals surface area contributed by atoms with Crippen molar-refractivity contribution in [3.8, 4) is 11.5 Å². The number of hydrogen-bond donors (Lipinski definition) is 2. The van der Waals surface area contributed by atoms with Crippen LogP contribution in [0.2, 0.25) is 0 Å². The van der Waals surface area contributed by atoms with Gasteiger partial charge in [0.25, 0.3) is 5.91 Å². The van der Waals surface area contributed by atoms with Gasteiger partial charge in [0.15, 0.2) is 6.29 Å². The summed E-state index contributed by atoms with van der Waals surface area (Å²) < 4.78 is 10.3. The molecule has 1 heterocycles. The second-order valence-corrected chi connectivity index (χ2v) is 3.98. The number of carbonyl (C=O) groups is 2. The van der Waals surface area contributed by atoms with E-state index in [2.05, 4.69) is 10.3 Å². The van der Waals surface area contributed by atoms with Gasteiger partial charge in [0.2, 0.25) is 0 Å². The lowest BCUT2D eigenvalue weighted by atomic mass is 10.2. The maximum Gasteiger partial charge on any atom is 0.272 e. The number of anilines is 1. The highest BCUT2D eigenvalue weighted by atomic mass is 16.5. The highest BCUT2D eigenvalue weighted by Gasteiger charge is 2.12. The van der Waals surface area contributed by atoms with Crippen LogP contribution in [0.15, 0.2) is 30.5 Å². The van der Waals surface area contributed by atoms with Crippen LogP contribution in [0.3, 0.4) is 0 Å². The summed E-state index contributed by atoms with van der Waals surface area (Å²) in [6, 6.07) is 6.53. The van der Waals surface area contributed by atoms with Crippen molar-refractivity contribution in [3.05, 3.63) is 41.7 Å². The molecule has 0 fully saturated rings. The second-order valence-electron chi connectivity index (χ2n) is 3.98. The van der Waals surface area contributed by atoms with Gasteiger partial charge < -0.3 is 19.8 Å². The second kappa shape index (κ2) is 5.92. The number of methoxy groups -OCH3 is 2. The van der Waals surface area contributed by atoms with Gasteiger partial charge >= 0.3 is 0 Å². The normalized spacial score (nSPS) is 9.90. The number of benzene rings is 1. The predicted molar refractivity (Wildman–Crippen MR) is 73.7 cm³/mol. The maximum absolute atomic E-state index is 12.0. The first-order chi connectivity index (χ1) is 9.67. The number of aromatic nitrogens is 1. The van der Waals surface area contributed by atoms with Gasteiger partial charge in [0.05, 0.1) is 19.9 Å². The number of aromatic amines is 1. The Kier molecular flexibility index (Phi) is 4.05. The molecule has 0 radical (unpaired) electrons. The van der Waals surface area contributed by atoms with Gasteiger partial charge in [-0.2, -0.15) is 0 Å². The van der Waals surface area contributed by atoms with E-state index in [1.54, 1.807) is 25.3 Å². The van der Waals surface area contributed by atoms with Gasteiger partial charge in [-0.3, -0.25) is 9.59 Å². The minimum Gasteiger partial charge on any atom is -0.497 e. The molecule has 6 nitrogen and oxygen atoms in total. The Bertz CT molecular complexity index is 634. The van der Waals surface area contributed by atoms with Gasteiger partial charge in [0.1, 0.15) is 17.2 Å². The van der Waals surface area contributed by atoms with E-state index in [0.29, 0.717) is 34.7 Å². The van der Waals surface area contributed by atoms with E-state index < -0.39 is 0 Å². The lowest BCUT2D eigenvalue weighted by molar-refractivity contribution is 0.102. The van der Waals surface area contributed by atoms with Gasteiger partial charge in [-0.05, 0) is 18.2 Å². The van der Waals surface area contributed by atoms with Gasteiger partial charge in [-0.25, -0.2) is 0 Å². The summed E-state index contributed by atoms with van der Waals surface area (Å²) in [5, 5.41) is 2.70. The summed E-state index contributed by atoms with van der Waals surface area (Å²) >= 11 is 0. The molecule has 2 rings (SSSR count). The molecule has 0 spiro atoms. The Morgan fingerprint density at radius 2 is 2.05 bits per heavy atom. The van der Waals surface area contributed by atoms with Crippen molar-refractivity contribution < 1.29 is 19.1 Å². The van der Waals surface area contributed by atoms with Crippen LogP contribution in [0.5, 0.6) is 11.5 Å². The summed E-state index contributed by atoms with van der Waals surface area (Å²) in [4.78, 5) is 25.3. The third-order valence-electron chi connectivity index (χ3n) is 2.74. The first kappa shape index (κ1) is 13.7. The zero-order chi connectivity index (χ0) is 14.5. The van der Waals surface area contributed by atoms with Crippen LogP contribution in [0.1, 0.15) is 20.8 Å². The fraction of sp³-hybridized carbons (Fsp3) is 0.143. The molecule has 20 heavy (non-hydrogen) atoms. The standard InChI is InChI=1S/C14H14N2O4/c1-19-10-3-4-11(13(6-10)20-2)16-14(18)12-5-9(8-17)7-15-12/h3-8,15H,1-2H3,(H,16,18). The molecule has 2 N–H and O–H groups in total. The molecular weight excluding hydrogens is 260 g/mol. The van der Waals surface area contributed by atoms with Crippen LogP contribution in [0, 0.1) is 0 Å². The largest absolute Gasteiger partial charge is 0.497 e. The molecule has 0 bridgehead atoms. The number of amides is 1. The summed E-state index contributed by atoms with van der Waals surface area (Å²) in [7, 11) is 3.05. The molecule has 0 aliphatic carbocycles. The van der Waals surface area contributed by atoms with Crippen molar-refractivity contribution >= 4 is 17.9 Å². The Labute approximate surface area is 115 Å². The van der Waals surface area contributed by atoms with Crippen molar-refractivity contribution in [1.29, 1.82) is 0 Å². The predicted octanol–water partition coefficient (Wildman–Crippen LogP) is 2.10. The highest BCUT2D eigenvalue weighted by molar-refractivity contribution is 6.04. The molecule has 1 aromatic heterocycles. The number of H-pyrrole nitrogens is 1. The van der Waals surface area contributed by atoms with E-state index in [9.17, 15) is 9.59 Å². The smallest absolute Gasteiger partial charge is 0.272 e. The van der Waals surface area contributed by atoms with E-state index in [-0.39, 0.29) is 5.91 Å². The average Bonchev–Trinajstić information content (AvgIpc) is 2.96. The first-order valence-electron chi connectivity index (χ1n) is 5.85. The van der Waals surface area contributed by atoms with Crippen LogP contribution >= 0.6 is 0 Å². The molecule has 0 unspecified atom stereocenters. The minimum absolute atomic E-state index is 0.296. The van der Waals surface area contributed by atoms with Crippen LogP contribution in [0.25, 0.3) is 0 Å². The van der Waals surface area contributed by atoms with Gasteiger partial charge in [-0.1, -0.05) is 0 Å². The quantitative estimate of drug-likeness (QED) is 0.818. The maximum atomic E-state index is 12.0. The van der Waals surface area contributed by atoms with E-state index in [1.165, 1.54) is 19.4 Å². The number of aldehydes is 1. The van der Waals surface area contributed by atoms with Crippen molar-refractivity contribution in [2.24, 2.45) is 0 Å². The number of ether oxygens (including phenoxy) is 2. The van der Waals surface area contributed by atoms with Crippen LogP contribution in [-0.2, 0) is 0 Å². The fourth-order valence-electron chi connectivity index (χ4n) is 1.70. The molecule has 1 aromatic carbocycles. The van der Waals surface area contributed by atoms with Crippen LogP contribution in [0.4, 0.5) is 5.69 Å². The number of carbonyl (C=O) groups excluding carboxylic acids is 2. The molecule has 0 aliphatic heterocycles. The third kappa shape index (κ3) is 2.80. The Balaban J connectivity index is 2.20. The first-order valence-corrected chi connectivity index (χ1v) is 5.85. The van der Waals surface area contributed by atoms with E-state index in [0.717, 1.165) is 0 Å². The summed E-state index contributed by atoms with van der Waals surface area (Å²) in [6.45, 7) is 0. The van der Waals surface area contributed by atoms with Crippen molar-refractivity contribution in [2.75, 3.05) is 19.5 Å². The molecule has 1 amide bonds. The zero-order valence-electron chi connectivity index (χ0n) is 11.1. The van der Waals surface area contributed by atoms with Crippen molar-refractivity contribution in [1.82, 2.24) is 4.98 Å². The van der Waals surface area contributed by atoms with Crippen molar-refractivity contribution in [2.45, 2.75) is 0 Å². The molecule has 2 aromatic rings. The minimum atomic E-state index is -0.360. The van der Waals surface area contributed by atoms with Crippen molar-refractivity contribution in [3.63, 3.8) is 0 Å². The molecular formula is C14H14N2O4. The monoisotopic (exact) mass is 274 g/mol. The summed E-state index contributed by atoms with van der Waals surface area (Å²) in [5.74, 6) is 0.754. The lowest BCUT2D eigenvalue weighted by Gasteiger charge is -2.11. The van der Waals surface area contributed by atoms with Crippen LogP contribution in [-0.4, -0.2) is 31.4 Å². The van der Waals surface area contributed by atoms with Gasteiger partial charge in [-0.15, -0.1) is 0 Å². The summed E-state index contributed by atoms with van der Waals surface area (Å²) in [6.07, 6.45) is 2.13. The third-order valence-corrected chi connectivity index (χ3v) is 2.74. The highest BCUT2D eigenvalue weighted by Crippen LogP contribution is 2.29. The summed E-state index contributed by atoms with van der Waals surface area (Å²) in [5.41, 5.74) is 1.22. The molecule has 0 saturated carbocycles. The number of rotatable bonds is 5. The van der Waals surface area contributed by atoms with Gasteiger partial charge in [0, 0.05) is 17.8 Å². The molecule has 0 aliphatic rings. The molecule has 0 saturated heterocycles. The van der Waals surface area contributed by atoms with Crippen LogP contribution < -0.4 is 14.8 Å². The molecule has 0 atom stereocenters. The lowest BCUT2D eigenvalue weighted by Crippen LogP contribution is -2.13. The average molecular weight is 274 g/mol. The Hall–Kier alpha value is -2.76. The van der Waals surface area contributed by atoms with E-state index in [4.69, 9.17) is 9.47 Å².